The summed E-state index contributed by atoms with van der Waals surface area (Å²) < 4.78 is 11.4. The number of ether oxygens (including phenoxy) is 2. The van der Waals surface area contributed by atoms with Crippen LogP contribution in [0.4, 0.5) is 5.82 Å². The van der Waals surface area contributed by atoms with Gasteiger partial charge in [0.25, 0.3) is 5.56 Å². The van der Waals surface area contributed by atoms with E-state index in [9.17, 15) is 9.59 Å². The molecule has 0 amide bonds. The van der Waals surface area contributed by atoms with E-state index in [0.29, 0.717) is 23.9 Å². The number of aromatic nitrogens is 2. The molecule has 128 valence electrons. The first-order valence-electron chi connectivity index (χ1n) is 7.34. The zero-order valence-electron chi connectivity index (χ0n) is 14.1. The summed E-state index contributed by atoms with van der Waals surface area (Å²) in [5, 5.41) is 5.85. The highest BCUT2D eigenvalue weighted by Crippen LogP contribution is 2.26. The van der Waals surface area contributed by atoms with E-state index >= 15 is 0 Å². The van der Waals surface area contributed by atoms with Crippen LogP contribution in [0.15, 0.2) is 39.0 Å². The van der Waals surface area contributed by atoms with Gasteiger partial charge in [0.05, 0.1) is 20.4 Å². The van der Waals surface area contributed by atoms with Crippen molar-refractivity contribution in [1.29, 1.82) is 0 Å². The topological polar surface area (TPSA) is 88.9 Å². The van der Waals surface area contributed by atoms with Crippen LogP contribution in [0.1, 0.15) is 12.5 Å². The number of H-pyrrole nitrogens is 1. The van der Waals surface area contributed by atoms with E-state index in [1.807, 2.05) is 13.0 Å². The third kappa shape index (κ3) is 3.65. The summed E-state index contributed by atoms with van der Waals surface area (Å²) >= 11 is 0. The lowest BCUT2D eigenvalue weighted by molar-refractivity contribution is 0.355. The SMILES string of the molecule is CCN(/N=C\c1ccc(OC)c(OC)c1)c1cc(=O)n(C)c(=O)[nH]1. The van der Waals surface area contributed by atoms with E-state index in [0.717, 1.165) is 10.1 Å². The van der Waals surface area contributed by atoms with Crippen molar-refractivity contribution in [3.8, 4) is 11.5 Å². The van der Waals surface area contributed by atoms with Crippen molar-refractivity contribution in [3.05, 3.63) is 50.7 Å². The lowest BCUT2D eigenvalue weighted by atomic mass is 10.2. The Morgan fingerprint density at radius 2 is 1.92 bits per heavy atom. The van der Waals surface area contributed by atoms with Crippen LogP contribution in [-0.2, 0) is 7.05 Å². The Balaban J connectivity index is 2.32. The van der Waals surface area contributed by atoms with E-state index in [1.165, 1.54) is 18.1 Å². The number of rotatable bonds is 6. The molecule has 0 atom stereocenters. The van der Waals surface area contributed by atoms with Crippen LogP contribution in [0.25, 0.3) is 0 Å². The van der Waals surface area contributed by atoms with Crippen LogP contribution in [0.3, 0.4) is 0 Å². The first-order valence-corrected chi connectivity index (χ1v) is 7.34. The molecule has 0 spiro atoms. The fourth-order valence-electron chi connectivity index (χ4n) is 2.07. The summed E-state index contributed by atoms with van der Waals surface area (Å²) in [6.07, 6.45) is 1.61. The van der Waals surface area contributed by atoms with Gasteiger partial charge in [-0.1, -0.05) is 0 Å². The van der Waals surface area contributed by atoms with E-state index in [2.05, 4.69) is 10.1 Å². The van der Waals surface area contributed by atoms with Gasteiger partial charge in [0.1, 0.15) is 5.82 Å². The van der Waals surface area contributed by atoms with Gasteiger partial charge in [-0.25, -0.2) is 9.80 Å². The minimum absolute atomic E-state index is 0.335. The zero-order chi connectivity index (χ0) is 17.7. The highest BCUT2D eigenvalue weighted by molar-refractivity contribution is 5.81. The van der Waals surface area contributed by atoms with Crippen LogP contribution < -0.4 is 25.7 Å². The minimum Gasteiger partial charge on any atom is -0.493 e. The van der Waals surface area contributed by atoms with Gasteiger partial charge in [-0.15, -0.1) is 0 Å². The van der Waals surface area contributed by atoms with Crippen molar-refractivity contribution in [2.75, 3.05) is 25.8 Å². The molecule has 0 radical (unpaired) electrons. The number of nitrogens with one attached hydrogen (secondary N) is 1. The molecule has 0 saturated heterocycles. The molecule has 24 heavy (non-hydrogen) atoms. The fourth-order valence-corrected chi connectivity index (χ4v) is 2.07. The molecule has 0 aliphatic rings. The molecule has 0 unspecified atom stereocenters. The van der Waals surface area contributed by atoms with Gasteiger partial charge in [-0.3, -0.25) is 14.3 Å². The van der Waals surface area contributed by atoms with Gasteiger partial charge in [-0.2, -0.15) is 5.10 Å². The normalized spacial score (nSPS) is 10.8. The van der Waals surface area contributed by atoms with Gasteiger partial charge < -0.3 is 9.47 Å². The van der Waals surface area contributed by atoms with Crippen LogP contribution in [0, 0.1) is 0 Å². The molecule has 0 saturated carbocycles. The molecule has 8 heteroatoms. The van der Waals surface area contributed by atoms with Crippen molar-refractivity contribution in [2.24, 2.45) is 12.1 Å². The van der Waals surface area contributed by atoms with Crippen molar-refractivity contribution >= 4 is 12.0 Å². The van der Waals surface area contributed by atoms with Crippen LogP contribution in [0.5, 0.6) is 11.5 Å². The Morgan fingerprint density at radius 1 is 1.21 bits per heavy atom. The molecule has 1 aromatic carbocycles. The first kappa shape index (κ1) is 17.3. The Morgan fingerprint density at radius 3 is 2.50 bits per heavy atom. The van der Waals surface area contributed by atoms with Crippen LogP contribution in [0.2, 0.25) is 0 Å². The van der Waals surface area contributed by atoms with Crippen LogP contribution in [-0.4, -0.2) is 36.5 Å². The van der Waals surface area contributed by atoms with Crippen LogP contribution >= 0.6 is 0 Å². The second kappa shape index (κ2) is 7.49. The third-order valence-corrected chi connectivity index (χ3v) is 3.46. The first-order chi connectivity index (χ1) is 11.5. The number of methoxy groups -OCH3 is 2. The predicted molar refractivity (Wildman–Crippen MR) is 92.5 cm³/mol. The van der Waals surface area contributed by atoms with Crippen molar-refractivity contribution < 1.29 is 9.47 Å². The fraction of sp³-hybridized carbons (Fsp3) is 0.312. The summed E-state index contributed by atoms with van der Waals surface area (Å²) in [5.74, 6) is 1.55. The summed E-state index contributed by atoms with van der Waals surface area (Å²) in [7, 11) is 4.53. The zero-order valence-corrected chi connectivity index (χ0v) is 14.1. The second-order valence-electron chi connectivity index (χ2n) is 4.93. The van der Waals surface area contributed by atoms with E-state index in [1.54, 1.807) is 32.6 Å². The Kier molecular flexibility index (Phi) is 5.41. The highest BCUT2D eigenvalue weighted by Gasteiger charge is 2.07. The number of anilines is 1. The lowest BCUT2D eigenvalue weighted by Gasteiger charge is -2.16. The quantitative estimate of drug-likeness (QED) is 0.628. The standard InChI is InChI=1S/C16H20N4O4/c1-5-20(14-9-15(21)19(2)16(22)18-14)17-10-11-6-7-12(23-3)13(8-11)24-4/h6-10H,5H2,1-4H3,(H,18,22)/b17-10-. The number of hydrazone groups is 1. The van der Waals surface area contributed by atoms with Crippen molar-refractivity contribution in [1.82, 2.24) is 9.55 Å². The van der Waals surface area contributed by atoms with Gasteiger partial charge >= 0.3 is 5.69 Å². The van der Waals surface area contributed by atoms with E-state index in [-0.39, 0.29) is 0 Å². The third-order valence-electron chi connectivity index (χ3n) is 3.46. The molecule has 2 aromatic rings. The average molecular weight is 332 g/mol. The molecule has 0 aliphatic heterocycles. The molecule has 2 rings (SSSR count). The van der Waals surface area contributed by atoms with Crippen molar-refractivity contribution in [3.63, 3.8) is 0 Å². The molecule has 1 N–H and O–H groups in total. The predicted octanol–water partition coefficient (Wildman–Crippen LogP) is 0.951. The molecule has 0 bridgehead atoms. The summed E-state index contributed by atoms with van der Waals surface area (Å²) in [5.41, 5.74) is -0.0944. The maximum Gasteiger partial charge on any atom is 0.329 e. The molecule has 1 aromatic heterocycles. The largest absolute Gasteiger partial charge is 0.493 e. The summed E-state index contributed by atoms with van der Waals surface area (Å²) in [4.78, 5) is 26.1. The number of hydrogen-bond donors (Lipinski definition) is 1. The monoisotopic (exact) mass is 332 g/mol. The number of benzene rings is 1. The van der Waals surface area contributed by atoms with Gasteiger partial charge in [0.2, 0.25) is 0 Å². The second-order valence-corrected chi connectivity index (χ2v) is 4.93. The Hall–Kier alpha value is -3.03. The number of aromatic amines is 1. The highest BCUT2D eigenvalue weighted by atomic mass is 16.5. The Labute approximate surface area is 139 Å². The lowest BCUT2D eigenvalue weighted by Crippen LogP contribution is -2.34. The van der Waals surface area contributed by atoms with Gasteiger partial charge in [0.15, 0.2) is 11.5 Å². The van der Waals surface area contributed by atoms with Gasteiger partial charge in [-0.05, 0) is 30.7 Å². The minimum atomic E-state index is -0.489. The smallest absolute Gasteiger partial charge is 0.329 e. The Bertz CT molecular complexity index is 823. The molecule has 1 heterocycles. The molecule has 0 aliphatic carbocycles. The summed E-state index contributed by atoms with van der Waals surface area (Å²) in [6, 6.07) is 6.71. The average Bonchev–Trinajstić information content (AvgIpc) is 2.59. The van der Waals surface area contributed by atoms with E-state index < -0.39 is 11.2 Å². The van der Waals surface area contributed by atoms with Crippen molar-refractivity contribution in [2.45, 2.75) is 6.92 Å². The molecular formula is C16H20N4O4. The summed E-state index contributed by atoms with van der Waals surface area (Å²) in [6.45, 7) is 2.34. The maximum atomic E-state index is 11.7. The van der Waals surface area contributed by atoms with E-state index in [4.69, 9.17) is 9.47 Å². The maximum absolute atomic E-state index is 11.7. The molecular weight excluding hydrogens is 312 g/mol. The van der Waals surface area contributed by atoms with Gasteiger partial charge in [0, 0.05) is 19.7 Å². The number of hydrogen-bond acceptors (Lipinski definition) is 6. The number of nitrogens with zero attached hydrogens (tertiary/aromatic N) is 3. The molecule has 8 nitrogen and oxygen atoms in total. The molecule has 0 fully saturated rings.